The summed E-state index contributed by atoms with van der Waals surface area (Å²) < 4.78 is 58.4. The highest BCUT2D eigenvalue weighted by Crippen LogP contribution is 2.66. The highest BCUT2D eigenvalue weighted by molar-refractivity contribution is 9.10. The molecule has 2 unspecified atom stereocenters. The van der Waals surface area contributed by atoms with Crippen LogP contribution in [0.2, 0.25) is 0 Å². The number of hydrogen-bond acceptors (Lipinski definition) is 2. The molecule has 1 heterocycles. The van der Waals surface area contributed by atoms with Crippen molar-refractivity contribution in [3.63, 3.8) is 0 Å². The number of rotatable bonds is 8. The zero-order valence-corrected chi connectivity index (χ0v) is 38.1. The molecule has 0 nitrogen and oxygen atoms in total. The zero-order chi connectivity index (χ0) is 39.8. The Bertz CT molecular complexity index is 1630. The second-order valence-corrected chi connectivity index (χ2v) is 24.1. The van der Waals surface area contributed by atoms with Crippen molar-refractivity contribution < 1.29 is 17.6 Å². The molecule has 1 aliphatic heterocycles. The summed E-state index contributed by atoms with van der Waals surface area (Å²) in [6, 6.07) is 10.2. The van der Waals surface area contributed by atoms with Crippen molar-refractivity contribution in [1.29, 1.82) is 0 Å². The van der Waals surface area contributed by atoms with E-state index in [4.69, 9.17) is 0 Å². The van der Waals surface area contributed by atoms with Gasteiger partial charge in [-0.3, -0.25) is 0 Å². The molecule has 1 spiro atoms. The Morgan fingerprint density at radius 3 is 1.51 bits per heavy atom. The van der Waals surface area contributed by atoms with Crippen molar-refractivity contribution >= 4 is 39.5 Å². The fourth-order valence-corrected chi connectivity index (χ4v) is 18.6. The molecule has 0 N–H and O–H groups in total. The van der Waals surface area contributed by atoms with Crippen LogP contribution in [0.5, 0.6) is 0 Å². The van der Waals surface area contributed by atoms with E-state index in [1.807, 2.05) is 6.07 Å². The Morgan fingerprint density at radius 2 is 1.02 bits per heavy atom. The van der Waals surface area contributed by atoms with Crippen LogP contribution in [0.3, 0.4) is 0 Å². The number of thioether (sulfide) groups is 2. The lowest BCUT2D eigenvalue weighted by atomic mass is 9.66. The fraction of sp³-hybridized carbons (Fsp3) is 0.760. The van der Waals surface area contributed by atoms with E-state index in [1.165, 1.54) is 120 Å². The highest BCUT2D eigenvalue weighted by Gasteiger charge is 2.63. The molecule has 2 aromatic carbocycles. The van der Waals surface area contributed by atoms with Crippen LogP contribution in [0.4, 0.5) is 17.6 Å². The number of fused-ring (bicyclic) bond motifs is 3. The van der Waals surface area contributed by atoms with E-state index in [0.717, 1.165) is 79.2 Å². The topological polar surface area (TPSA) is 0 Å². The molecule has 5 fully saturated rings. The quantitative estimate of drug-likeness (QED) is 0.191. The third-order valence-electron chi connectivity index (χ3n) is 16.8. The maximum absolute atomic E-state index is 15.3. The lowest BCUT2D eigenvalue weighted by Crippen LogP contribution is -2.46. The molecule has 0 aromatic heterocycles. The molecule has 7 aliphatic rings. The first-order valence-electron chi connectivity index (χ1n) is 23.5. The fourth-order valence-electron chi connectivity index (χ4n) is 13.8. The van der Waals surface area contributed by atoms with E-state index in [9.17, 15) is 8.78 Å². The summed E-state index contributed by atoms with van der Waals surface area (Å²) in [6.45, 7) is 4.61. The van der Waals surface area contributed by atoms with Gasteiger partial charge in [0.15, 0.2) is 0 Å². The molecule has 4 saturated carbocycles. The van der Waals surface area contributed by atoms with Gasteiger partial charge in [-0.2, -0.15) is 8.78 Å². The summed E-state index contributed by atoms with van der Waals surface area (Å²) in [4.78, 5) is 0. The second kappa shape index (κ2) is 18.4. The summed E-state index contributed by atoms with van der Waals surface area (Å²) in [5.74, 6) is 5.28. The first-order chi connectivity index (χ1) is 27.6. The van der Waals surface area contributed by atoms with E-state index in [2.05, 4.69) is 59.4 Å². The molecule has 316 valence electrons. The minimum atomic E-state index is -3.15. The van der Waals surface area contributed by atoms with Gasteiger partial charge < -0.3 is 0 Å². The molecule has 0 radical (unpaired) electrons. The third kappa shape index (κ3) is 8.47. The van der Waals surface area contributed by atoms with E-state index in [0.29, 0.717) is 17.4 Å². The monoisotopic (exact) mass is 888 g/mol. The van der Waals surface area contributed by atoms with Crippen LogP contribution in [-0.4, -0.2) is 15.8 Å². The summed E-state index contributed by atoms with van der Waals surface area (Å²) in [5.41, 5.74) is 2.49. The van der Waals surface area contributed by atoms with Gasteiger partial charge in [-0.05, 0) is 166 Å². The standard InChI is InChI=1S/C26H37FS2.C24H32BrF3/c1-2-4-18-7-9-19(10-8-18)20-11-13-21(14-12-20)23-17-22-5-3-6-24(27)25(22)26(23)28-15-16-29-26;1-2-4-16-7-9-17(10-8-16)18-11-13-20(14-12-18)23(25)15-19-5-3-6-21(26)22(19)24(23,27)28/h3,5-6,18-21,23H,2,4,7-17H2,1H3;3,5-6,16-18,20H,2,4,7-15H2,1H3. The van der Waals surface area contributed by atoms with Gasteiger partial charge in [0.25, 0.3) is 5.92 Å². The maximum Gasteiger partial charge on any atom is 0.291 e. The molecule has 2 atom stereocenters. The summed E-state index contributed by atoms with van der Waals surface area (Å²) in [6.07, 6.45) is 27.6. The van der Waals surface area contributed by atoms with Gasteiger partial charge in [0, 0.05) is 17.1 Å². The molecule has 6 aliphatic carbocycles. The molecular formula is C50H69BrF4S2. The largest absolute Gasteiger partial charge is 0.291 e. The molecule has 57 heavy (non-hydrogen) atoms. The van der Waals surface area contributed by atoms with E-state index in [1.54, 1.807) is 18.2 Å². The van der Waals surface area contributed by atoms with E-state index < -0.39 is 16.1 Å². The predicted octanol–water partition coefficient (Wildman–Crippen LogP) is 16.1. The van der Waals surface area contributed by atoms with Crippen LogP contribution in [0.25, 0.3) is 0 Å². The zero-order valence-electron chi connectivity index (χ0n) is 34.8. The van der Waals surface area contributed by atoms with Gasteiger partial charge in [0.2, 0.25) is 0 Å². The highest BCUT2D eigenvalue weighted by atomic mass is 79.9. The van der Waals surface area contributed by atoms with Crippen molar-refractivity contribution in [2.75, 3.05) is 11.5 Å². The van der Waals surface area contributed by atoms with Crippen molar-refractivity contribution in [2.45, 2.75) is 169 Å². The van der Waals surface area contributed by atoms with Crippen LogP contribution in [0.15, 0.2) is 36.4 Å². The van der Waals surface area contributed by atoms with Crippen molar-refractivity contribution in [1.82, 2.24) is 0 Å². The molecule has 2 aromatic rings. The molecule has 0 amide bonds. The van der Waals surface area contributed by atoms with E-state index in [-0.39, 0.29) is 27.8 Å². The minimum absolute atomic E-state index is 0.0242. The van der Waals surface area contributed by atoms with Crippen LogP contribution >= 0.6 is 39.5 Å². The lowest BCUT2D eigenvalue weighted by molar-refractivity contribution is -0.0621. The van der Waals surface area contributed by atoms with Gasteiger partial charge in [-0.15, -0.1) is 23.5 Å². The van der Waals surface area contributed by atoms with Crippen molar-refractivity contribution in [3.05, 3.63) is 70.3 Å². The van der Waals surface area contributed by atoms with Crippen LogP contribution < -0.4 is 0 Å². The Labute approximate surface area is 359 Å². The van der Waals surface area contributed by atoms with Gasteiger partial charge in [0.05, 0.1) is 9.64 Å². The first-order valence-corrected chi connectivity index (χ1v) is 26.2. The number of benzene rings is 2. The average molecular weight is 890 g/mol. The Kier molecular flexibility index (Phi) is 13.9. The van der Waals surface area contributed by atoms with Gasteiger partial charge >= 0.3 is 0 Å². The Morgan fingerprint density at radius 1 is 0.579 bits per heavy atom. The molecule has 7 heteroatoms. The predicted molar refractivity (Wildman–Crippen MR) is 237 cm³/mol. The molecule has 9 rings (SSSR count). The lowest BCUT2D eigenvalue weighted by Gasteiger charge is -2.43. The Hall–Kier alpha value is -0.660. The van der Waals surface area contributed by atoms with Crippen molar-refractivity contribution in [2.24, 2.45) is 53.3 Å². The Balaban J connectivity index is 0.000000160. The average Bonchev–Trinajstić information content (AvgIpc) is 3.90. The minimum Gasteiger partial charge on any atom is -0.207 e. The van der Waals surface area contributed by atoms with Crippen LogP contribution in [0.1, 0.15) is 165 Å². The number of hydrogen-bond donors (Lipinski definition) is 0. The number of halogens is 5. The summed E-state index contributed by atoms with van der Waals surface area (Å²) in [5, 5.41) is 0. The van der Waals surface area contributed by atoms with Gasteiger partial charge in [-0.25, -0.2) is 8.78 Å². The summed E-state index contributed by atoms with van der Waals surface area (Å²) >= 11 is 7.60. The first kappa shape index (κ1) is 43.0. The molecule has 1 saturated heterocycles. The van der Waals surface area contributed by atoms with Crippen LogP contribution in [-0.2, 0) is 22.8 Å². The van der Waals surface area contributed by atoms with E-state index >= 15 is 8.78 Å². The van der Waals surface area contributed by atoms with Gasteiger partial charge in [0.1, 0.15) is 16.0 Å². The molecular weight excluding hydrogens is 821 g/mol. The normalized spacial score (nSPS) is 37.0. The number of alkyl halides is 3. The SMILES string of the molecule is CCCC1CCC(C2CCC(C3(Br)Cc4cccc(F)c4C3(F)F)CC2)CC1.CCCC1CCC(C2CCC(C3Cc4cccc(F)c4C34SCCS4)CC2)CC1. The molecule has 0 bridgehead atoms. The maximum atomic E-state index is 15.3. The smallest absolute Gasteiger partial charge is 0.207 e. The third-order valence-corrected chi connectivity index (χ3v) is 21.9. The van der Waals surface area contributed by atoms with Crippen molar-refractivity contribution in [3.8, 4) is 0 Å². The summed E-state index contributed by atoms with van der Waals surface area (Å²) in [7, 11) is 0. The second-order valence-electron chi connectivity index (χ2n) is 19.8. The van der Waals surface area contributed by atoms with Crippen LogP contribution in [0, 0.1) is 64.9 Å². The van der Waals surface area contributed by atoms with Gasteiger partial charge in [-0.1, -0.05) is 105 Å².